The van der Waals surface area contributed by atoms with Gasteiger partial charge in [-0.3, -0.25) is 0 Å². The van der Waals surface area contributed by atoms with E-state index in [2.05, 4.69) is 32.7 Å². The predicted octanol–water partition coefficient (Wildman–Crippen LogP) is 3.59. The van der Waals surface area contributed by atoms with E-state index in [1.165, 1.54) is 17.9 Å². The van der Waals surface area contributed by atoms with Gasteiger partial charge in [0.1, 0.15) is 23.1 Å². The topological polar surface area (TPSA) is 64.9 Å². The molecule has 2 aromatic heterocycles. The van der Waals surface area contributed by atoms with E-state index in [-0.39, 0.29) is 23.0 Å². The van der Waals surface area contributed by atoms with Gasteiger partial charge in [-0.2, -0.15) is 0 Å². The number of imidazole rings is 1. The van der Waals surface area contributed by atoms with Crippen LogP contribution in [0, 0.1) is 11.6 Å². The molecule has 0 atom stereocenters. The molecule has 0 saturated carbocycles. The van der Waals surface area contributed by atoms with Crippen molar-refractivity contribution < 1.29 is 13.5 Å². The van der Waals surface area contributed by atoms with Crippen LogP contribution in [0.3, 0.4) is 0 Å². The SMILES string of the molecule is COc1cc(NS)nnc1Cn1ccnc1-c1c(F)ccc(Cl)c1F. The fraction of sp³-hybridized carbons (Fsp3) is 0.133. The minimum absolute atomic E-state index is 0.0812. The van der Waals surface area contributed by atoms with E-state index in [0.717, 1.165) is 12.1 Å². The van der Waals surface area contributed by atoms with Crippen LogP contribution in [0.5, 0.6) is 5.75 Å². The van der Waals surface area contributed by atoms with E-state index < -0.39 is 11.6 Å². The molecule has 0 aliphatic carbocycles. The molecular weight excluding hydrogens is 372 g/mol. The Morgan fingerprint density at radius 1 is 1.32 bits per heavy atom. The third kappa shape index (κ3) is 3.38. The molecule has 0 fully saturated rings. The number of rotatable bonds is 5. The maximum atomic E-state index is 14.3. The first-order valence-electron chi connectivity index (χ1n) is 7.00. The Kier molecular flexibility index (Phi) is 5.05. The lowest BCUT2D eigenvalue weighted by Gasteiger charge is -2.12. The molecular formula is C15H12ClF2N5OS. The summed E-state index contributed by atoms with van der Waals surface area (Å²) in [5, 5.41) is 7.77. The average Bonchev–Trinajstić information content (AvgIpc) is 3.07. The van der Waals surface area contributed by atoms with Gasteiger partial charge in [-0.15, -0.1) is 10.2 Å². The molecule has 0 radical (unpaired) electrons. The monoisotopic (exact) mass is 383 g/mol. The van der Waals surface area contributed by atoms with Gasteiger partial charge in [0.15, 0.2) is 11.6 Å². The zero-order chi connectivity index (χ0) is 18.0. The second-order valence-corrected chi connectivity index (χ2v) is 5.58. The second-order valence-electron chi connectivity index (χ2n) is 4.95. The second kappa shape index (κ2) is 7.24. The molecule has 1 N–H and O–H groups in total. The van der Waals surface area contributed by atoms with Gasteiger partial charge >= 0.3 is 0 Å². The Morgan fingerprint density at radius 3 is 2.84 bits per heavy atom. The van der Waals surface area contributed by atoms with Gasteiger partial charge in [-0.25, -0.2) is 13.8 Å². The summed E-state index contributed by atoms with van der Waals surface area (Å²) in [7, 11) is 1.48. The molecule has 0 spiro atoms. The lowest BCUT2D eigenvalue weighted by molar-refractivity contribution is 0.404. The van der Waals surface area contributed by atoms with Crippen molar-refractivity contribution in [2.24, 2.45) is 0 Å². The number of nitrogens with one attached hydrogen (secondary N) is 1. The number of aromatic nitrogens is 4. The van der Waals surface area contributed by atoms with Crippen molar-refractivity contribution in [3.63, 3.8) is 0 Å². The maximum absolute atomic E-state index is 14.3. The lowest BCUT2D eigenvalue weighted by Crippen LogP contribution is -2.08. The van der Waals surface area contributed by atoms with Crippen LogP contribution in [-0.2, 0) is 6.54 Å². The van der Waals surface area contributed by atoms with Crippen LogP contribution >= 0.6 is 24.4 Å². The van der Waals surface area contributed by atoms with Crippen molar-refractivity contribution in [1.29, 1.82) is 0 Å². The van der Waals surface area contributed by atoms with Crippen LogP contribution in [-0.4, -0.2) is 26.9 Å². The van der Waals surface area contributed by atoms with Crippen molar-refractivity contribution >= 4 is 30.2 Å². The highest BCUT2D eigenvalue weighted by Gasteiger charge is 2.20. The minimum atomic E-state index is -0.873. The van der Waals surface area contributed by atoms with Gasteiger partial charge in [0.2, 0.25) is 0 Å². The van der Waals surface area contributed by atoms with E-state index in [0.29, 0.717) is 17.3 Å². The molecule has 0 bridgehead atoms. The lowest BCUT2D eigenvalue weighted by atomic mass is 10.2. The molecule has 10 heteroatoms. The molecule has 25 heavy (non-hydrogen) atoms. The highest BCUT2D eigenvalue weighted by atomic mass is 35.5. The van der Waals surface area contributed by atoms with Gasteiger partial charge in [-0.05, 0) is 12.1 Å². The number of ether oxygens (including phenoxy) is 1. The minimum Gasteiger partial charge on any atom is -0.495 e. The van der Waals surface area contributed by atoms with Crippen molar-refractivity contribution in [3.8, 4) is 17.1 Å². The van der Waals surface area contributed by atoms with Crippen LogP contribution in [0.25, 0.3) is 11.4 Å². The van der Waals surface area contributed by atoms with Crippen LogP contribution in [0.2, 0.25) is 5.02 Å². The Morgan fingerprint density at radius 2 is 2.12 bits per heavy atom. The van der Waals surface area contributed by atoms with Gasteiger partial charge < -0.3 is 14.0 Å². The number of thiol groups is 1. The number of methoxy groups -OCH3 is 1. The Labute approximate surface area is 152 Å². The number of anilines is 1. The zero-order valence-corrected chi connectivity index (χ0v) is 14.5. The summed E-state index contributed by atoms with van der Waals surface area (Å²) < 4.78 is 37.8. The third-order valence-electron chi connectivity index (χ3n) is 3.47. The van der Waals surface area contributed by atoms with E-state index in [1.54, 1.807) is 12.3 Å². The number of benzene rings is 1. The number of halogens is 3. The van der Waals surface area contributed by atoms with E-state index in [4.69, 9.17) is 16.3 Å². The summed E-state index contributed by atoms with van der Waals surface area (Å²) in [6, 6.07) is 3.85. The fourth-order valence-electron chi connectivity index (χ4n) is 2.30. The summed E-state index contributed by atoms with van der Waals surface area (Å²) in [5.74, 6) is -0.707. The van der Waals surface area contributed by atoms with Crippen LogP contribution < -0.4 is 9.46 Å². The average molecular weight is 384 g/mol. The smallest absolute Gasteiger partial charge is 0.162 e. The Balaban J connectivity index is 2.03. The molecule has 2 heterocycles. The van der Waals surface area contributed by atoms with Gasteiger partial charge in [0, 0.05) is 18.5 Å². The molecule has 0 aliphatic heterocycles. The molecule has 0 amide bonds. The highest BCUT2D eigenvalue weighted by Crippen LogP contribution is 2.30. The quantitative estimate of drug-likeness (QED) is 0.520. The molecule has 6 nitrogen and oxygen atoms in total. The van der Waals surface area contributed by atoms with Crippen LogP contribution in [0.4, 0.5) is 14.6 Å². The first-order valence-corrected chi connectivity index (χ1v) is 7.83. The molecule has 0 saturated heterocycles. The first-order chi connectivity index (χ1) is 12.0. The number of nitrogens with zero attached hydrogens (tertiary/aromatic N) is 4. The van der Waals surface area contributed by atoms with E-state index >= 15 is 0 Å². The normalized spacial score (nSPS) is 10.8. The molecule has 1 aromatic carbocycles. The zero-order valence-electron chi connectivity index (χ0n) is 12.9. The van der Waals surface area contributed by atoms with Gasteiger partial charge in [-0.1, -0.05) is 24.4 Å². The number of hydrogen-bond acceptors (Lipinski definition) is 6. The summed E-state index contributed by atoms with van der Waals surface area (Å²) >= 11 is 9.66. The van der Waals surface area contributed by atoms with Crippen LogP contribution in [0.1, 0.15) is 5.69 Å². The molecule has 0 unspecified atom stereocenters. The fourth-order valence-corrected chi connectivity index (χ4v) is 2.57. The summed E-state index contributed by atoms with van der Waals surface area (Å²) in [5.41, 5.74) is 0.148. The van der Waals surface area contributed by atoms with Gasteiger partial charge in [0.25, 0.3) is 0 Å². The summed E-state index contributed by atoms with van der Waals surface area (Å²) in [6.45, 7) is 0.143. The van der Waals surface area contributed by atoms with Crippen molar-refractivity contribution in [3.05, 3.63) is 52.9 Å². The Bertz CT molecular complexity index is 921. The third-order valence-corrected chi connectivity index (χ3v) is 3.99. The molecule has 3 rings (SSSR count). The number of hydrogen-bond donors (Lipinski definition) is 2. The standard InChI is InChI=1S/C15H12ClF2N5OS/c1-24-11-6-12(22-25)21-20-10(11)7-23-5-4-19-15(23)13-9(17)3-2-8(16)14(13)18/h2-6,25H,7H2,1H3,(H,21,22). The maximum Gasteiger partial charge on any atom is 0.162 e. The summed E-state index contributed by atoms with van der Waals surface area (Å²) in [4.78, 5) is 4.05. The predicted molar refractivity (Wildman–Crippen MR) is 92.9 cm³/mol. The molecule has 3 aromatic rings. The van der Waals surface area contributed by atoms with Gasteiger partial charge in [0.05, 0.1) is 24.2 Å². The van der Waals surface area contributed by atoms with E-state index in [9.17, 15) is 8.78 Å². The van der Waals surface area contributed by atoms with Crippen LogP contribution in [0.15, 0.2) is 30.6 Å². The van der Waals surface area contributed by atoms with Crippen molar-refractivity contribution in [2.75, 3.05) is 11.8 Å². The van der Waals surface area contributed by atoms with Crippen molar-refractivity contribution in [1.82, 2.24) is 19.7 Å². The summed E-state index contributed by atoms with van der Waals surface area (Å²) in [6.07, 6.45) is 3.00. The van der Waals surface area contributed by atoms with Crippen molar-refractivity contribution in [2.45, 2.75) is 6.54 Å². The molecule has 0 aliphatic rings. The molecule has 130 valence electrons. The van der Waals surface area contributed by atoms with E-state index in [1.807, 2.05) is 0 Å². The largest absolute Gasteiger partial charge is 0.495 e. The highest BCUT2D eigenvalue weighted by molar-refractivity contribution is 7.81. The first kappa shape index (κ1) is 17.4. The Hall–Kier alpha value is -2.39.